The molecule has 1 fully saturated rings. The van der Waals surface area contributed by atoms with Gasteiger partial charge in [0.25, 0.3) is 0 Å². The van der Waals surface area contributed by atoms with Crippen molar-refractivity contribution in [2.75, 3.05) is 30.9 Å². The van der Waals surface area contributed by atoms with Gasteiger partial charge in [0.2, 0.25) is 5.95 Å². The van der Waals surface area contributed by atoms with E-state index in [1.165, 1.54) is 83.2 Å². The SMILES string of the molecule is Cc1c(C)c(C)c(CNCC2CCC(Nc3nc4c(c(N(C)C)n3)CCCC4)CC2)c(C)c1C. The highest BCUT2D eigenvalue weighted by Crippen LogP contribution is 2.31. The first-order chi connectivity index (χ1) is 16.3. The third kappa shape index (κ3) is 5.25. The van der Waals surface area contributed by atoms with Gasteiger partial charge in [-0.2, -0.15) is 4.98 Å². The van der Waals surface area contributed by atoms with E-state index in [2.05, 4.69) is 64.2 Å². The smallest absolute Gasteiger partial charge is 0.225 e. The number of hydrogen-bond acceptors (Lipinski definition) is 5. The highest BCUT2D eigenvalue weighted by molar-refractivity contribution is 5.53. The minimum absolute atomic E-state index is 0.486. The molecule has 1 heterocycles. The van der Waals surface area contributed by atoms with Crippen molar-refractivity contribution < 1.29 is 0 Å². The van der Waals surface area contributed by atoms with Crippen LogP contribution in [0.1, 0.15) is 83.2 Å². The van der Waals surface area contributed by atoms with E-state index in [4.69, 9.17) is 9.97 Å². The Kier molecular flexibility index (Phi) is 7.81. The molecule has 2 N–H and O–H groups in total. The Labute approximate surface area is 207 Å². The maximum atomic E-state index is 4.93. The number of nitrogens with one attached hydrogen (secondary N) is 2. The van der Waals surface area contributed by atoms with Crippen LogP contribution in [0.2, 0.25) is 0 Å². The van der Waals surface area contributed by atoms with Crippen LogP contribution in [0.15, 0.2) is 0 Å². The van der Waals surface area contributed by atoms with Crippen molar-refractivity contribution in [1.29, 1.82) is 0 Å². The van der Waals surface area contributed by atoms with Gasteiger partial charge >= 0.3 is 0 Å². The molecule has 5 nitrogen and oxygen atoms in total. The number of aromatic nitrogens is 2. The Morgan fingerprint density at radius 3 is 2.06 bits per heavy atom. The molecule has 1 aromatic carbocycles. The largest absolute Gasteiger partial charge is 0.362 e. The number of benzene rings is 1. The van der Waals surface area contributed by atoms with Crippen LogP contribution >= 0.6 is 0 Å². The quantitative estimate of drug-likeness (QED) is 0.550. The van der Waals surface area contributed by atoms with Crippen molar-refractivity contribution in [1.82, 2.24) is 15.3 Å². The summed E-state index contributed by atoms with van der Waals surface area (Å²) in [6.45, 7) is 13.4. The predicted octanol–water partition coefficient (Wildman–Crippen LogP) is 5.72. The number of fused-ring (bicyclic) bond motifs is 1. The van der Waals surface area contributed by atoms with Crippen molar-refractivity contribution in [2.45, 2.75) is 98.6 Å². The molecule has 2 aliphatic carbocycles. The van der Waals surface area contributed by atoms with Gasteiger partial charge in [0.15, 0.2) is 0 Å². The molecule has 0 radical (unpaired) electrons. The topological polar surface area (TPSA) is 53.1 Å². The van der Waals surface area contributed by atoms with Crippen LogP contribution in [0.3, 0.4) is 0 Å². The molecule has 1 saturated carbocycles. The fourth-order valence-corrected chi connectivity index (χ4v) is 5.95. The Bertz CT molecular complexity index is 989. The lowest BCUT2D eigenvalue weighted by Gasteiger charge is -2.30. The molecule has 0 spiro atoms. The fraction of sp³-hybridized carbons (Fsp3) is 0.655. The van der Waals surface area contributed by atoms with Crippen molar-refractivity contribution in [3.8, 4) is 0 Å². The summed E-state index contributed by atoms with van der Waals surface area (Å²) in [5, 5.41) is 7.49. The van der Waals surface area contributed by atoms with Crippen molar-refractivity contribution in [3.63, 3.8) is 0 Å². The molecule has 2 aliphatic rings. The van der Waals surface area contributed by atoms with Gasteiger partial charge in [0.05, 0.1) is 5.69 Å². The Morgan fingerprint density at radius 2 is 1.41 bits per heavy atom. The lowest BCUT2D eigenvalue weighted by atomic mass is 9.85. The maximum Gasteiger partial charge on any atom is 0.225 e. The Morgan fingerprint density at radius 1 is 0.794 bits per heavy atom. The van der Waals surface area contributed by atoms with E-state index >= 15 is 0 Å². The molecular formula is C29H45N5. The van der Waals surface area contributed by atoms with Crippen LogP contribution < -0.4 is 15.5 Å². The zero-order valence-electron chi connectivity index (χ0n) is 22.6. The average molecular weight is 464 g/mol. The summed E-state index contributed by atoms with van der Waals surface area (Å²) in [6.07, 6.45) is 9.63. The molecule has 0 amide bonds. The normalized spacial score (nSPS) is 20.2. The second-order valence-electron chi connectivity index (χ2n) is 11.0. The van der Waals surface area contributed by atoms with Gasteiger partial charge in [-0.05, 0) is 132 Å². The summed E-state index contributed by atoms with van der Waals surface area (Å²) in [7, 11) is 4.20. The monoisotopic (exact) mass is 463 g/mol. The minimum atomic E-state index is 0.486. The highest BCUT2D eigenvalue weighted by atomic mass is 15.2. The van der Waals surface area contributed by atoms with E-state index in [1.807, 2.05) is 0 Å². The molecule has 0 saturated heterocycles. The summed E-state index contributed by atoms with van der Waals surface area (Å²) in [5.41, 5.74) is 11.4. The molecule has 0 unspecified atom stereocenters. The molecule has 0 atom stereocenters. The van der Waals surface area contributed by atoms with Gasteiger partial charge in [-0.25, -0.2) is 4.98 Å². The number of rotatable bonds is 7. The fourth-order valence-electron chi connectivity index (χ4n) is 5.95. The second-order valence-corrected chi connectivity index (χ2v) is 11.0. The van der Waals surface area contributed by atoms with Crippen LogP contribution in [0.25, 0.3) is 0 Å². The summed E-state index contributed by atoms with van der Waals surface area (Å²) >= 11 is 0. The van der Waals surface area contributed by atoms with E-state index in [0.29, 0.717) is 6.04 Å². The van der Waals surface area contributed by atoms with Crippen LogP contribution in [0.4, 0.5) is 11.8 Å². The first-order valence-corrected chi connectivity index (χ1v) is 13.4. The average Bonchev–Trinajstić information content (AvgIpc) is 2.84. The second kappa shape index (κ2) is 10.6. The van der Waals surface area contributed by atoms with Crippen LogP contribution in [0, 0.1) is 40.5 Å². The zero-order chi connectivity index (χ0) is 24.4. The number of nitrogens with zero attached hydrogens (tertiary/aromatic N) is 3. The third-order valence-corrected chi connectivity index (χ3v) is 8.65. The van der Waals surface area contributed by atoms with E-state index in [-0.39, 0.29) is 0 Å². The summed E-state index contributed by atoms with van der Waals surface area (Å²) < 4.78 is 0. The third-order valence-electron chi connectivity index (χ3n) is 8.65. The molecule has 5 heteroatoms. The molecular weight excluding hydrogens is 418 g/mol. The first-order valence-electron chi connectivity index (χ1n) is 13.4. The van der Waals surface area contributed by atoms with Crippen molar-refractivity contribution in [2.24, 2.45) is 5.92 Å². The molecule has 0 bridgehead atoms. The zero-order valence-corrected chi connectivity index (χ0v) is 22.6. The summed E-state index contributed by atoms with van der Waals surface area (Å²) in [5.74, 6) is 2.70. The van der Waals surface area contributed by atoms with Gasteiger partial charge in [-0.1, -0.05) is 0 Å². The molecule has 2 aromatic rings. The molecule has 0 aliphatic heterocycles. The van der Waals surface area contributed by atoms with E-state index in [1.54, 1.807) is 0 Å². The first kappa shape index (κ1) is 25.0. The van der Waals surface area contributed by atoms with Crippen LogP contribution in [-0.2, 0) is 19.4 Å². The van der Waals surface area contributed by atoms with Crippen molar-refractivity contribution in [3.05, 3.63) is 44.6 Å². The lowest BCUT2D eigenvalue weighted by Crippen LogP contribution is -2.32. The molecule has 4 rings (SSSR count). The Balaban J connectivity index is 1.30. The summed E-state index contributed by atoms with van der Waals surface area (Å²) in [4.78, 5) is 12.0. The summed E-state index contributed by atoms with van der Waals surface area (Å²) in [6, 6.07) is 0.486. The van der Waals surface area contributed by atoms with E-state index in [0.717, 1.165) is 43.6 Å². The van der Waals surface area contributed by atoms with Gasteiger partial charge < -0.3 is 15.5 Å². The number of anilines is 2. The molecule has 1 aromatic heterocycles. The molecule has 34 heavy (non-hydrogen) atoms. The predicted molar refractivity (Wildman–Crippen MR) is 144 cm³/mol. The van der Waals surface area contributed by atoms with Crippen LogP contribution in [-0.4, -0.2) is 36.6 Å². The Hall–Kier alpha value is -2.14. The molecule has 186 valence electrons. The van der Waals surface area contributed by atoms with Crippen molar-refractivity contribution >= 4 is 11.8 Å². The minimum Gasteiger partial charge on any atom is -0.362 e. The number of hydrogen-bond donors (Lipinski definition) is 2. The number of aryl methyl sites for hydroxylation is 1. The van der Waals surface area contributed by atoms with Gasteiger partial charge in [-0.3, -0.25) is 0 Å². The van der Waals surface area contributed by atoms with E-state index in [9.17, 15) is 0 Å². The van der Waals surface area contributed by atoms with E-state index < -0.39 is 0 Å². The van der Waals surface area contributed by atoms with Gasteiger partial charge in [0, 0.05) is 32.2 Å². The van der Waals surface area contributed by atoms with Gasteiger partial charge in [-0.15, -0.1) is 0 Å². The maximum absolute atomic E-state index is 4.93. The standard InChI is InChI=1S/C29H45N5/c1-18-19(2)21(4)26(22(5)20(18)3)17-30-16-23-12-14-24(15-13-23)31-29-32-27-11-9-8-10-25(27)28(33-29)34(6)7/h23-24,30H,8-17H2,1-7H3,(H,31,32,33). The van der Waals surface area contributed by atoms with Crippen LogP contribution in [0.5, 0.6) is 0 Å². The highest BCUT2D eigenvalue weighted by Gasteiger charge is 2.24. The van der Waals surface area contributed by atoms with Gasteiger partial charge in [0.1, 0.15) is 5.82 Å². The lowest BCUT2D eigenvalue weighted by molar-refractivity contribution is 0.323.